The van der Waals surface area contributed by atoms with Crippen molar-refractivity contribution in [1.82, 2.24) is 5.32 Å². The minimum atomic E-state index is -4.78. The second-order valence-corrected chi connectivity index (χ2v) is 9.02. The van der Waals surface area contributed by atoms with Crippen LogP contribution < -0.4 is 10.1 Å². The predicted molar refractivity (Wildman–Crippen MR) is 142 cm³/mol. The quantitative estimate of drug-likeness (QED) is 0.207. The zero-order valence-corrected chi connectivity index (χ0v) is 21.2. The van der Waals surface area contributed by atoms with Gasteiger partial charge in [-0.25, -0.2) is 4.39 Å². The van der Waals surface area contributed by atoms with Crippen LogP contribution in [0, 0.1) is 5.82 Å². The number of carbonyl (C=O) groups is 2. The van der Waals surface area contributed by atoms with Gasteiger partial charge in [0.1, 0.15) is 11.6 Å². The summed E-state index contributed by atoms with van der Waals surface area (Å²) >= 11 is 0. The number of carboxylic acids is 1. The molecule has 4 aromatic carbocycles. The van der Waals surface area contributed by atoms with Crippen molar-refractivity contribution in [3.8, 4) is 28.0 Å². The average Bonchev–Trinajstić information content (AvgIpc) is 2.92. The van der Waals surface area contributed by atoms with E-state index in [0.29, 0.717) is 35.1 Å². The van der Waals surface area contributed by atoms with Crippen LogP contribution in [0.2, 0.25) is 0 Å². The van der Waals surface area contributed by atoms with Gasteiger partial charge in [-0.3, -0.25) is 9.59 Å². The number of benzene rings is 4. The molecule has 4 rings (SSSR count). The molecule has 206 valence electrons. The lowest BCUT2D eigenvalue weighted by molar-refractivity contribution is -0.274. The van der Waals surface area contributed by atoms with E-state index >= 15 is 0 Å². The van der Waals surface area contributed by atoms with Crippen LogP contribution in [-0.4, -0.2) is 29.9 Å². The number of rotatable bonds is 10. The van der Waals surface area contributed by atoms with E-state index in [0.717, 1.165) is 16.7 Å². The predicted octanol–water partition coefficient (Wildman–Crippen LogP) is 7.05. The van der Waals surface area contributed by atoms with Crippen LogP contribution >= 0.6 is 0 Å². The molecule has 0 bridgehead atoms. The van der Waals surface area contributed by atoms with Crippen molar-refractivity contribution in [3.63, 3.8) is 0 Å². The smallest absolute Gasteiger partial charge is 0.481 e. The molecule has 0 radical (unpaired) electrons. The summed E-state index contributed by atoms with van der Waals surface area (Å²) in [7, 11) is 0. The van der Waals surface area contributed by atoms with E-state index in [1.165, 1.54) is 30.3 Å². The summed E-state index contributed by atoms with van der Waals surface area (Å²) in [5, 5.41) is 11.3. The normalized spacial score (nSPS) is 11.2. The molecule has 4 aromatic rings. The lowest BCUT2D eigenvalue weighted by atomic mass is 9.91. The van der Waals surface area contributed by atoms with Crippen molar-refractivity contribution >= 4 is 11.9 Å². The minimum absolute atomic E-state index is 0.0309. The van der Waals surface area contributed by atoms with Gasteiger partial charge in [0.25, 0.3) is 5.91 Å². The molecular weight excluding hydrogens is 526 g/mol. The van der Waals surface area contributed by atoms with Crippen molar-refractivity contribution in [2.24, 2.45) is 0 Å². The molecule has 0 aliphatic carbocycles. The molecule has 40 heavy (non-hydrogen) atoms. The number of carbonyl (C=O) groups excluding carboxylic acids is 1. The van der Waals surface area contributed by atoms with Crippen LogP contribution in [0.4, 0.5) is 17.6 Å². The summed E-state index contributed by atoms with van der Waals surface area (Å²) in [4.78, 5) is 22.8. The number of amides is 1. The van der Waals surface area contributed by atoms with Crippen LogP contribution in [0.25, 0.3) is 22.3 Å². The highest BCUT2D eigenvalue weighted by Crippen LogP contribution is 2.33. The number of hydrogen-bond donors (Lipinski definition) is 2. The highest BCUT2D eigenvalue weighted by atomic mass is 19.4. The summed E-state index contributed by atoms with van der Waals surface area (Å²) in [6, 6.07) is 24.4. The monoisotopic (exact) mass is 551 g/mol. The molecule has 0 fully saturated rings. The Labute approximate surface area is 228 Å². The molecule has 0 unspecified atom stereocenters. The zero-order valence-electron chi connectivity index (χ0n) is 21.2. The molecule has 1 amide bonds. The largest absolute Gasteiger partial charge is 0.573 e. The summed E-state index contributed by atoms with van der Waals surface area (Å²) in [5.41, 5.74) is 4.74. The topological polar surface area (TPSA) is 75.6 Å². The summed E-state index contributed by atoms with van der Waals surface area (Å²) in [6.45, 7) is 0.0309. The van der Waals surface area contributed by atoms with E-state index in [-0.39, 0.29) is 30.4 Å². The number of ether oxygens (including phenoxy) is 1. The van der Waals surface area contributed by atoms with Crippen molar-refractivity contribution in [2.75, 3.05) is 6.54 Å². The number of aryl methyl sites for hydroxylation is 2. The Morgan fingerprint density at radius 3 is 2.12 bits per heavy atom. The van der Waals surface area contributed by atoms with Crippen LogP contribution in [0.1, 0.15) is 27.9 Å². The molecule has 9 heteroatoms. The van der Waals surface area contributed by atoms with Crippen molar-refractivity contribution in [2.45, 2.75) is 25.6 Å². The van der Waals surface area contributed by atoms with Crippen molar-refractivity contribution in [3.05, 3.63) is 114 Å². The van der Waals surface area contributed by atoms with Gasteiger partial charge in [-0.05, 0) is 71.0 Å². The third-order valence-corrected chi connectivity index (χ3v) is 6.21. The van der Waals surface area contributed by atoms with Crippen molar-refractivity contribution in [1.29, 1.82) is 0 Å². The summed E-state index contributed by atoms with van der Waals surface area (Å²) in [5.74, 6) is -2.06. The van der Waals surface area contributed by atoms with E-state index in [1.54, 1.807) is 54.6 Å². The lowest BCUT2D eigenvalue weighted by Gasteiger charge is -2.14. The molecule has 0 saturated heterocycles. The van der Waals surface area contributed by atoms with Gasteiger partial charge in [0.05, 0.1) is 6.42 Å². The molecule has 2 N–H and O–H groups in total. The summed E-state index contributed by atoms with van der Waals surface area (Å²) in [6.07, 6.45) is -3.85. The fourth-order valence-electron chi connectivity index (χ4n) is 4.26. The van der Waals surface area contributed by atoms with Crippen molar-refractivity contribution < 1.29 is 37.0 Å². The van der Waals surface area contributed by atoms with Crippen LogP contribution in [0.15, 0.2) is 91.0 Å². The van der Waals surface area contributed by atoms with Gasteiger partial charge in [-0.2, -0.15) is 0 Å². The number of hydrogen-bond acceptors (Lipinski definition) is 3. The highest BCUT2D eigenvalue weighted by Gasteiger charge is 2.31. The standard InChI is InChI=1S/C31H25F4NO4/c32-28-4-2-1-3-27(28)26-16-13-23(21-11-14-25(15-12-21)40-31(33,34)35)19-24(26)10-7-20-5-8-22(9-6-20)30(39)36-18-17-29(37)38/h1-6,8-9,11-16,19H,7,10,17-18H2,(H,36,39)(H,37,38). The van der Waals surface area contributed by atoms with Gasteiger partial charge in [-0.15, -0.1) is 13.2 Å². The maximum atomic E-state index is 14.7. The first kappa shape index (κ1) is 28.4. The van der Waals surface area contributed by atoms with Gasteiger partial charge in [0.15, 0.2) is 0 Å². The third kappa shape index (κ3) is 7.69. The van der Waals surface area contributed by atoms with Crippen LogP contribution in [0.5, 0.6) is 5.75 Å². The number of carboxylic acid groups (broad SMARTS) is 1. The number of nitrogens with one attached hydrogen (secondary N) is 1. The molecule has 5 nitrogen and oxygen atoms in total. The number of aliphatic carboxylic acids is 1. The number of alkyl halides is 3. The Balaban J connectivity index is 1.55. The van der Waals surface area contributed by atoms with E-state index in [9.17, 15) is 27.2 Å². The van der Waals surface area contributed by atoms with E-state index in [2.05, 4.69) is 10.1 Å². The van der Waals surface area contributed by atoms with Gasteiger partial charge in [-0.1, -0.05) is 60.7 Å². The van der Waals surface area contributed by atoms with Crippen LogP contribution in [-0.2, 0) is 17.6 Å². The Kier molecular flexibility index (Phi) is 8.83. The highest BCUT2D eigenvalue weighted by molar-refractivity contribution is 5.94. The average molecular weight is 552 g/mol. The zero-order chi connectivity index (χ0) is 28.7. The molecule has 0 heterocycles. The first-order valence-corrected chi connectivity index (χ1v) is 12.4. The Bertz CT molecular complexity index is 1480. The van der Waals surface area contributed by atoms with E-state index < -0.39 is 12.3 Å². The fraction of sp³-hybridized carbons (Fsp3) is 0.161. The van der Waals surface area contributed by atoms with Gasteiger partial charge in [0.2, 0.25) is 0 Å². The molecule has 0 spiro atoms. The molecule has 0 aromatic heterocycles. The first-order chi connectivity index (χ1) is 19.1. The Hall–Kier alpha value is -4.66. The summed E-state index contributed by atoms with van der Waals surface area (Å²) < 4.78 is 56.2. The molecule has 0 saturated carbocycles. The molecular formula is C31H25F4NO4. The first-order valence-electron chi connectivity index (χ1n) is 12.4. The van der Waals surface area contributed by atoms with E-state index in [4.69, 9.17) is 5.11 Å². The third-order valence-electron chi connectivity index (χ3n) is 6.21. The molecule has 0 aliphatic heterocycles. The second-order valence-electron chi connectivity index (χ2n) is 9.02. The number of halogens is 4. The Morgan fingerprint density at radius 1 is 0.800 bits per heavy atom. The Morgan fingerprint density at radius 2 is 1.48 bits per heavy atom. The maximum absolute atomic E-state index is 14.7. The SMILES string of the molecule is O=C(O)CCNC(=O)c1ccc(CCc2cc(-c3ccc(OC(F)(F)F)cc3)ccc2-c2ccccc2F)cc1. The fourth-order valence-corrected chi connectivity index (χ4v) is 4.26. The van der Waals surface area contributed by atoms with Gasteiger partial charge < -0.3 is 15.2 Å². The maximum Gasteiger partial charge on any atom is 0.573 e. The van der Waals surface area contributed by atoms with Gasteiger partial charge >= 0.3 is 12.3 Å². The lowest BCUT2D eigenvalue weighted by Crippen LogP contribution is -2.25. The van der Waals surface area contributed by atoms with E-state index in [1.807, 2.05) is 6.07 Å². The van der Waals surface area contributed by atoms with Gasteiger partial charge in [0, 0.05) is 17.7 Å². The second kappa shape index (κ2) is 12.5. The molecule has 0 aliphatic rings. The minimum Gasteiger partial charge on any atom is -0.481 e. The van der Waals surface area contributed by atoms with Crippen LogP contribution in [0.3, 0.4) is 0 Å². The molecule has 0 atom stereocenters.